The maximum Gasteiger partial charge on any atom is 0.123 e. The normalized spacial score (nSPS) is 12.2. The highest BCUT2D eigenvalue weighted by molar-refractivity contribution is 5.44. The molecule has 0 radical (unpaired) electrons. The van der Waals surface area contributed by atoms with E-state index in [0.29, 0.717) is 0 Å². The van der Waals surface area contributed by atoms with Crippen LogP contribution < -0.4 is 5.32 Å². The van der Waals surface area contributed by atoms with Gasteiger partial charge in [-0.25, -0.2) is 4.39 Å². The summed E-state index contributed by atoms with van der Waals surface area (Å²) in [7, 11) is 0. The van der Waals surface area contributed by atoms with Crippen molar-refractivity contribution in [1.29, 1.82) is 0 Å². The Morgan fingerprint density at radius 2 is 1.88 bits per heavy atom. The lowest BCUT2D eigenvalue weighted by Gasteiger charge is -2.15. The Morgan fingerprint density at radius 3 is 2.53 bits per heavy atom. The highest BCUT2D eigenvalue weighted by Gasteiger charge is 2.05. The SMILES string of the molecule is Cc1cncc(NC(C)c2ccc(F)cc2)c1. The summed E-state index contributed by atoms with van der Waals surface area (Å²) < 4.78 is 12.8. The molecule has 17 heavy (non-hydrogen) atoms. The molecule has 0 aliphatic heterocycles. The first-order chi connectivity index (χ1) is 8.15. The van der Waals surface area contributed by atoms with Gasteiger partial charge in [0.25, 0.3) is 0 Å². The van der Waals surface area contributed by atoms with Gasteiger partial charge in [-0.3, -0.25) is 4.98 Å². The Hall–Kier alpha value is -1.90. The van der Waals surface area contributed by atoms with Gasteiger partial charge in [-0.2, -0.15) is 0 Å². The Kier molecular flexibility index (Phi) is 3.38. The first-order valence-electron chi connectivity index (χ1n) is 5.59. The second-order valence-corrected chi connectivity index (χ2v) is 4.17. The van der Waals surface area contributed by atoms with Crippen molar-refractivity contribution in [1.82, 2.24) is 4.98 Å². The number of pyridine rings is 1. The summed E-state index contributed by atoms with van der Waals surface area (Å²) in [5, 5.41) is 3.33. The third-order valence-corrected chi connectivity index (χ3v) is 2.63. The molecule has 88 valence electrons. The van der Waals surface area contributed by atoms with Gasteiger partial charge in [-0.15, -0.1) is 0 Å². The van der Waals surface area contributed by atoms with Gasteiger partial charge in [0.2, 0.25) is 0 Å². The molecule has 1 unspecified atom stereocenters. The van der Waals surface area contributed by atoms with Crippen LogP contribution in [0.3, 0.4) is 0 Å². The summed E-state index contributed by atoms with van der Waals surface area (Å²) in [6, 6.07) is 8.68. The number of hydrogen-bond donors (Lipinski definition) is 1. The molecule has 0 spiro atoms. The van der Waals surface area contributed by atoms with Gasteiger partial charge in [0.15, 0.2) is 0 Å². The van der Waals surface area contributed by atoms with E-state index in [4.69, 9.17) is 0 Å². The molecule has 3 heteroatoms. The lowest BCUT2D eigenvalue weighted by Crippen LogP contribution is -2.06. The number of nitrogens with one attached hydrogen (secondary N) is 1. The minimum absolute atomic E-state index is 0.124. The molecule has 0 aliphatic rings. The van der Waals surface area contributed by atoms with Gasteiger partial charge >= 0.3 is 0 Å². The molecule has 0 saturated heterocycles. The molecule has 1 N–H and O–H groups in total. The first-order valence-corrected chi connectivity index (χ1v) is 5.59. The second kappa shape index (κ2) is 4.95. The Bertz CT molecular complexity index is 494. The zero-order valence-corrected chi connectivity index (χ0v) is 9.94. The van der Waals surface area contributed by atoms with Crippen LogP contribution in [0.5, 0.6) is 0 Å². The summed E-state index contributed by atoms with van der Waals surface area (Å²) in [5.41, 5.74) is 3.14. The highest BCUT2D eigenvalue weighted by Crippen LogP contribution is 2.19. The molecule has 2 nitrogen and oxygen atoms in total. The zero-order chi connectivity index (χ0) is 12.3. The van der Waals surface area contributed by atoms with Crippen LogP contribution in [0.2, 0.25) is 0 Å². The predicted octanol–water partition coefficient (Wildman–Crippen LogP) is 3.70. The molecule has 1 aromatic heterocycles. The van der Waals surface area contributed by atoms with Crippen LogP contribution in [0, 0.1) is 12.7 Å². The molecule has 1 aromatic carbocycles. The van der Waals surface area contributed by atoms with Crippen molar-refractivity contribution < 1.29 is 4.39 Å². The van der Waals surface area contributed by atoms with Gasteiger partial charge in [-0.05, 0) is 43.2 Å². The summed E-state index contributed by atoms with van der Waals surface area (Å²) in [5.74, 6) is -0.210. The number of hydrogen-bond acceptors (Lipinski definition) is 2. The number of halogens is 1. The van der Waals surface area contributed by atoms with E-state index in [1.54, 1.807) is 18.3 Å². The molecule has 0 fully saturated rings. The highest BCUT2D eigenvalue weighted by atomic mass is 19.1. The van der Waals surface area contributed by atoms with Crippen LogP contribution >= 0.6 is 0 Å². The molecule has 0 amide bonds. The van der Waals surface area contributed by atoms with E-state index < -0.39 is 0 Å². The third-order valence-electron chi connectivity index (χ3n) is 2.63. The van der Waals surface area contributed by atoms with Crippen LogP contribution in [0.1, 0.15) is 24.1 Å². The number of anilines is 1. The molecule has 0 saturated carbocycles. The average molecular weight is 230 g/mol. The number of rotatable bonds is 3. The summed E-state index contributed by atoms with van der Waals surface area (Å²) in [4.78, 5) is 4.12. The summed E-state index contributed by atoms with van der Waals surface area (Å²) >= 11 is 0. The van der Waals surface area contributed by atoms with E-state index in [1.807, 2.05) is 26.1 Å². The zero-order valence-electron chi connectivity index (χ0n) is 9.94. The Labute approximate surface area is 101 Å². The van der Waals surface area contributed by atoms with Crippen LogP contribution in [-0.2, 0) is 0 Å². The monoisotopic (exact) mass is 230 g/mol. The molecule has 1 heterocycles. The van der Waals surface area contributed by atoms with Crippen molar-refractivity contribution in [3.05, 3.63) is 59.7 Å². The molecule has 0 aliphatic carbocycles. The van der Waals surface area contributed by atoms with Crippen LogP contribution in [-0.4, -0.2) is 4.98 Å². The van der Waals surface area contributed by atoms with Crippen molar-refractivity contribution in [2.75, 3.05) is 5.32 Å². The van der Waals surface area contributed by atoms with Gasteiger partial charge in [-0.1, -0.05) is 12.1 Å². The predicted molar refractivity (Wildman–Crippen MR) is 67.4 cm³/mol. The largest absolute Gasteiger partial charge is 0.377 e. The average Bonchev–Trinajstić information content (AvgIpc) is 2.29. The van der Waals surface area contributed by atoms with Gasteiger partial charge in [0, 0.05) is 18.4 Å². The molecular formula is C14H15FN2. The van der Waals surface area contributed by atoms with Crippen molar-refractivity contribution in [3.8, 4) is 0 Å². The Morgan fingerprint density at radius 1 is 1.18 bits per heavy atom. The van der Waals surface area contributed by atoms with E-state index in [0.717, 1.165) is 16.8 Å². The van der Waals surface area contributed by atoms with Crippen LogP contribution in [0.4, 0.5) is 10.1 Å². The third kappa shape index (κ3) is 3.03. The maximum absolute atomic E-state index is 12.8. The minimum atomic E-state index is -0.210. The topological polar surface area (TPSA) is 24.9 Å². The van der Waals surface area contributed by atoms with E-state index in [1.165, 1.54) is 12.1 Å². The standard InChI is InChI=1S/C14H15FN2/c1-10-7-14(9-16-8-10)17-11(2)12-3-5-13(15)6-4-12/h3-9,11,17H,1-2H3. The summed E-state index contributed by atoms with van der Waals surface area (Å²) in [6.45, 7) is 4.04. The fourth-order valence-corrected chi connectivity index (χ4v) is 1.72. The van der Waals surface area contributed by atoms with E-state index in [2.05, 4.69) is 10.3 Å². The number of nitrogens with zero attached hydrogens (tertiary/aromatic N) is 1. The fraction of sp³-hybridized carbons (Fsp3) is 0.214. The van der Waals surface area contributed by atoms with Gasteiger partial charge in [0.1, 0.15) is 5.82 Å². The minimum Gasteiger partial charge on any atom is -0.377 e. The molecule has 2 aromatic rings. The van der Waals surface area contributed by atoms with Crippen molar-refractivity contribution >= 4 is 5.69 Å². The van der Waals surface area contributed by atoms with Gasteiger partial charge in [0.05, 0.1) is 5.69 Å². The molecule has 1 atom stereocenters. The Balaban J connectivity index is 2.11. The lowest BCUT2D eigenvalue weighted by atomic mass is 10.1. The van der Waals surface area contributed by atoms with Crippen molar-refractivity contribution in [3.63, 3.8) is 0 Å². The van der Waals surface area contributed by atoms with Crippen LogP contribution in [0.15, 0.2) is 42.7 Å². The maximum atomic E-state index is 12.8. The fourth-order valence-electron chi connectivity index (χ4n) is 1.72. The van der Waals surface area contributed by atoms with Gasteiger partial charge < -0.3 is 5.32 Å². The van der Waals surface area contributed by atoms with E-state index >= 15 is 0 Å². The molecular weight excluding hydrogens is 215 g/mol. The van der Waals surface area contributed by atoms with Crippen LogP contribution in [0.25, 0.3) is 0 Å². The van der Waals surface area contributed by atoms with Crippen molar-refractivity contribution in [2.45, 2.75) is 19.9 Å². The quantitative estimate of drug-likeness (QED) is 0.869. The number of aryl methyl sites for hydroxylation is 1. The molecule has 2 rings (SSSR count). The lowest BCUT2D eigenvalue weighted by molar-refractivity contribution is 0.626. The smallest absolute Gasteiger partial charge is 0.123 e. The summed E-state index contributed by atoms with van der Waals surface area (Å²) in [6.07, 6.45) is 3.60. The van der Waals surface area contributed by atoms with Crippen molar-refractivity contribution in [2.24, 2.45) is 0 Å². The molecule has 0 bridgehead atoms. The second-order valence-electron chi connectivity index (χ2n) is 4.17. The number of benzene rings is 1. The first kappa shape index (κ1) is 11.6. The van der Waals surface area contributed by atoms with E-state index in [-0.39, 0.29) is 11.9 Å². The number of aromatic nitrogens is 1. The van der Waals surface area contributed by atoms with E-state index in [9.17, 15) is 4.39 Å².